The summed E-state index contributed by atoms with van der Waals surface area (Å²) in [6, 6.07) is 0. The Morgan fingerprint density at radius 2 is 2.13 bits per heavy atom. The van der Waals surface area contributed by atoms with E-state index in [4.69, 9.17) is 10.8 Å². The second-order valence-electron chi connectivity index (χ2n) is 4.07. The Kier molecular flexibility index (Phi) is 3.68. The maximum atomic E-state index is 11.7. The van der Waals surface area contributed by atoms with Gasteiger partial charge in [0.25, 0.3) is 0 Å². The fraction of sp³-hybridized carbons (Fsp3) is 0.800. The quantitative estimate of drug-likeness (QED) is 0.605. The Hall–Kier alpha value is -1.10. The molecule has 0 aromatic heterocycles. The number of carbonyl (C=O) groups is 2. The van der Waals surface area contributed by atoms with E-state index in [1.807, 2.05) is 6.92 Å². The molecule has 0 aromatic rings. The van der Waals surface area contributed by atoms with Gasteiger partial charge in [-0.3, -0.25) is 4.79 Å². The van der Waals surface area contributed by atoms with Gasteiger partial charge in [0.2, 0.25) is 5.91 Å². The molecule has 4 N–H and O–H groups in total. The summed E-state index contributed by atoms with van der Waals surface area (Å²) in [6.45, 7) is 2.13. The van der Waals surface area contributed by atoms with Crippen LogP contribution in [0.1, 0.15) is 32.6 Å². The van der Waals surface area contributed by atoms with Crippen molar-refractivity contribution in [2.75, 3.05) is 6.54 Å². The van der Waals surface area contributed by atoms with Crippen LogP contribution in [-0.4, -0.2) is 29.1 Å². The van der Waals surface area contributed by atoms with Gasteiger partial charge in [-0.2, -0.15) is 0 Å². The summed E-state index contributed by atoms with van der Waals surface area (Å²) in [5.41, 5.74) is 4.42. The highest BCUT2D eigenvalue weighted by molar-refractivity contribution is 5.88. The van der Waals surface area contributed by atoms with E-state index in [1.165, 1.54) is 0 Å². The summed E-state index contributed by atoms with van der Waals surface area (Å²) >= 11 is 0. The molecule has 0 aliphatic heterocycles. The molecule has 0 bridgehead atoms. The molecule has 1 amide bonds. The molecule has 0 radical (unpaired) electrons. The number of hydrogen-bond donors (Lipinski definition) is 3. The smallest absolute Gasteiger partial charge is 0.329 e. The summed E-state index contributed by atoms with van der Waals surface area (Å²) < 4.78 is 0. The van der Waals surface area contributed by atoms with Crippen LogP contribution in [0.25, 0.3) is 0 Å². The molecular formula is C10H18N2O3. The predicted molar refractivity (Wildman–Crippen MR) is 55.2 cm³/mol. The lowest BCUT2D eigenvalue weighted by atomic mass is 9.76. The summed E-state index contributed by atoms with van der Waals surface area (Å²) in [5, 5.41) is 11.6. The summed E-state index contributed by atoms with van der Waals surface area (Å²) in [5.74, 6) is -1.45. The lowest BCUT2D eigenvalue weighted by Gasteiger charge is -2.39. The number of aliphatic carboxylic acids is 1. The van der Waals surface area contributed by atoms with Crippen LogP contribution < -0.4 is 11.1 Å². The molecule has 5 heteroatoms. The number of carbonyl (C=O) groups excluding carboxylic acids is 1. The van der Waals surface area contributed by atoms with Gasteiger partial charge in [-0.15, -0.1) is 0 Å². The number of carboxylic acids is 1. The zero-order chi connectivity index (χ0) is 11.5. The minimum absolute atomic E-state index is 0.234. The summed E-state index contributed by atoms with van der Waals surface area (Å²) in [7, 11) is 0. The average Bonchev–Trinajstić information content (AvgIpc) is 2.12. The van der Waals surface area contributed by atoms with Gasteiger partial charge in [0, 0.05) is 12.5 Å². The monoisotopic (exact) mass is 214 g/mol. The molecule has 0 spiro atoms. The molecule has 5 nitrogen and oxygen atoms in total. The van der Waals surface area contributed by atoms with Crippen LogP contribution in [0.15, 0.2) is 0 Å². The Morgan fingerprint density at radius 3 is 2.40 bits per heavy atom. The van der Waals surface area contributed by atoms with E-state index < -0.39 is 11.5 Å². The van der Waals surface area contributed by atoms with Crippen LogP contribution in [0.5, 0.6) is 0 Å². The first-order chi connectivity index (χ1) is 7.05. The van der Waals surface area contributed by atoms with Crippen molar-refractivity contribution >= 4 is 11.9 Å². The Morgan fingerprint density at radius 1 is 1.53 bits per heavy atom. The van der Waals surface area contributed by atoms with Gasteiger partial charge in [0.05, 0.1) is 0 Å². The maximum Gasteiger partial charge on any atom is 0.329 e. The van der Waals surface area contributed by atoms with Crippen molar-refractivity contribution in [3.05, 3.63) is 0 Å². The van der Waals surface area contributed by atoms with Crippen molar-refractivity contribution in [3.63, 3.8) is 0 Å². The Labute approximate surface area is 89.0 Å². The number of nitrogens with one attached hydrogen (secondary N) is 1. The maximum absolute atomic E-state index is 11.7. The van der Waals surface area contributed by atoms with E-state index in [1.54, 1.807) is 0 Å². The Bertz CT molecular complexity index is 257. The number of rotatable bonds is 5. The molecule has 1 aliphatic rings. The van der Waals surface area contributed by atoms with Gasteiger partial charge < -0.3 is 16.2 Å². The molecule has 1 rings (SSSR count). The van der Waals surface area contributed by atoms with Crippen LogP contribution in [0.2, 0.25) is 0 Å². The van der Waals surface area contributed by atoms with E-state index in [0.29, 0.717) is 19.3 Å². The normalized spacial score (nSPS) is 20.1. The molecule has 86 valence electrons. The minimum atomic E-state index is -1.01. The summed E-state index contributed by atoms with van der Waals surface area (Å²) in [4.78, 5) is 22.7. The predicted octanol–water partition coefficient (Wildman–Crippen LogP) is 0.0948. The summed E-state index contributed by atoms with van der Waals surface area (Å²) in [6.07, 6.45) is 2.54. The van der Waals surface area contributed by atoms with E-state index in [-0.39, 0.29) is 18.4 Å². The molecule has 0 heterocycles. The second-order valence-corrected chi connectivity index (χ2v) is 4.07. The molecule has 1 unspecified atom stereocenters. The van der Waals surface area contributed by atoms with Crippen molar-refractivity contribution in [1.29, 1.82) is 0 Å². The largest absolute Gasteiger partial charge is 0.480 e. The van der Waals surface area contributed by atoms with Crippen LogP contribution in [0, 0.1) is 5.92 Å². The van der Waals surface area contributed by atoms with Gasteiger partial charge in [0.1, 0.15) is 5.54 Å². The van der Waals surface area contributed by atoms with Crippen LogP contribution >= 0.6 is 0 Å². The lowest BCUT2D eigenvalue weighted by Crippen LogP contribution is -2.60. The third-order valence-electron chi connectivity index (χ3n) is 3.13. The van der Waals surface area contributed by atoms with Gasteiger partial charge in [-0.05, 0) is 25.7 Å². The topological polar surface area (TPSA) is 92.4 Å². The van der Waals surface area contributed by atoms with Crippen molar-refractivity contribution < 1.29 is 14.7 Å². The second kappa shape index (κ2) is 4.61. The fourth-order valence-corrected chi connectivity index (χ4v) is 1.72. The fourth-order valence-electron chi connectivity index (χ4n) is 1.72. The highest BCUT2D eigenvalue weighted by atomic mass is 16.4. The SMILES string of the molecule is CCC(CN)C(=O)NC1(C(=O)O)CCC1. The number of amides is 1. The average molecular weight is 214 g/mol. The van der Waals surface area contributed by atoms with Crippen LogP contribution in [0.4, 0.5) is 0 Å². The highest BCUT2D eigenvalue weighted by Crippen LogP contribution is 2.32. The van der Waals surface area contributed by atoms with Crippen molar-refractivity contribution in [2.24, 2.45) is 11.7 Å². The van der Waals surface area contributed by atoms with Crippen LogP contribution in [0.3, 0.4) is 0 Å². The first kappa shape index (κ1) is 12.0. The van der Waals surface area contributed by atoms with Crippen molar-refractivity contribution in [2.45, 2.75) is 38.1 Å². The molecule has 0 aromatic carbocycles. The third-order valence-corrected chi connectivity index (χ3v) is 3.13. The van der Waals surface area contributed by atoms with E-state index in [0.717, 1.165) is 6.42 Å². The van der Waals surface area contributed by atoms with Crippen molar-refractivity contribution in [3.8, 4) is 0 Å². The van der Waals surface area contributed by atoms with E-state index in [2.05, 4.69) is 5.32 Å². The minimum Gasteiger partial charge on any atom is -0.480 e. The molecule has 15 heavy (non-hydrogen) atoms. The van der Waals surface area contributed by atoms with Gasteiger partial charge in [-0.25, -0.2) is 4.79 Å². The zero-order valence-electron chi connectivity index (χ0n) is 8.95. The molecule has 1 fully saturated rings. The van der Waals surface area contributed by atoms with Crippen LogP contribution in [-0.2, 0) is 9.59 Å². The van der Waals surface area contributed by atoms with Crippen molar-refractivity contribution in [1.82, 2.24) is 5.32 Å². The van der Waals surface area contributed by atoms with Gasteiger partial charge in [-0.1, -0.05) is 6.92 Å². The Balaban J connectivity index is 2.59. The first-order valence-electron chi connectivity index (χ1n) is 5.31. The van der Waals surface area contributed by atoms with Gasteiger partial charge in [0.15, 0.2) is 0 Å². The first-order valence-corrected chi connectivity index (χ1v) is 5.31. The molecular weight excluding hydrogens is 196 g/mol. The molecule has 0 saturated heterocycles. The highest BCUT2D eigenvalue weighted by Gasteiger charge is 2.46. The third kappa shape index (κ3) is 2.28. The molecule has 1 atom stereocenters. The molecule has 1 aliphatic carbocycles. The molecule has 1 saturated carbocycles. The number of carboxylic acid groups (broad SMARTS) is 1. The number of nitrogens with two attached hydrogens (primary N) is 1. The zero-order valence-corrected chi connectivity index (χ0v) is 8.95. The number of hydrogen-bond acceptors (Lipinski definition) is 3. The lowest BCUT2D eigenvalue weighted by molar-refractivity contribution is -0.152. The standard InChI is InChI=1S/C10H18N2O3/c1-2-7(6-11)8(13)12-10(9(14)15)4-3-5-10/h7H,2-6,11H2,1H3,(H,12,13)(H,14,15). The van der Waals surface area contributed by atoms with E-state index in [9.17, 15) is 9.59 Å². The van der Waals surface area contributed by atoms with E-state index >= 15 is 0 Å². The van der Waals surface area contributed by atoms with Gasteiger partial charge >= 0.3 is 5.97 Å².